The van der Waals surface area contributed by atoms with Gasteiger partial charge in [-0.25, -0.2) is 18.4 Å². The average Bonchev–Trinajstić information content (AvgIpc) is 2.56. The van der Waals surface area contributed by atoms with Gasteiger partial charge < -0.3 is 4.74 Å². The van der Waals surface area contributed by atoms with Gasteiger partial charge in [-0.15, -0.1) is 0 Å². The number of hydrogen-bond acceptors (Lipinski definition) is 5. The van der Waals surface area contributed by atoms with Crippen molar-refractivity contribution in [3.63, 3.8) is 0 Å². The molecule has 1 saturated carbocycles. The Morgan fingerprint density at radius 2 is 2.05 bits per heavy atom. The molecule has 0 N–H and O–H groups in total. The third-order valence-corrected chi connectivity index (χ3v) is 6.83. The van der Waals surface area contributed by atoms with Gasteiger partial charge >= 0.3 is 0 Å². The van der Waals surface area contributed by atoms with Crippen molar-refractivity contribution in [1.29, 1.82) is 0 Å². The Labute approximate surface area is 132 Å². The summed E-state index contributed by atoms with van der Waals surface area (Å²) in [5.41, 5.74) is 0.862. The fourth-order valence-corrected chi connectivity index (χ4v) is 5.23. The number of aromatic nitrogens is 2. The molecule has 1 atom stereocenters. The van der Waals surface area contributed by atoms with Crippen LogP contribution in [-0.4, -0.2) is 47.6 Å². The van der Waals surface area contributed by atoms with Crippen molar-refractivity contribution in [2.75, 3.05) is 19.7 Å². The van der Waals surface area contributed by atoms with E-state index in [0.29, 0.717) is 25.5 Å². The van der Waals surface area contributed by atoms with Crippen molar-refractivity contribution in [2.24, 2.45) is 0 Å². The van der Waals surface area contributed by atoms with Crippen molar-refractivity contribution in [3.05, 3.63) is 23.8 Å². The fraction of sp³-hybridized carbons (Fsp3) is 0.733. The number of rotatable bonds is 3. The van der Waals surface area contributed by atoms with Crippen LogP contribution < -0.4 is 0 Å². The van der Waals surface area contributed by atoms with E-state index in [9.17, 15) is 8.42 Å². The highest BCUT2D eigenvalue weighted by Gasteiger charge is 2.37. The molecule has 0 aromatic carbocycles. The molecule has 1 aromatic rings. The molecule has 0 radical (unpaired) electrons. The lowest BCUT2D eigenvalue weighted by molar-refractivity contribution is -0.00800. The minimum Gasteiger partial charge on any atom is -0.367 e. The zero-order valence-corrected chi connectivity index (χ0v) is 13.8. The highest BCUT2D eigenvalue weighted by molar-refractivity contribution is 7.89. The van der Waals surface area contributed by atoms with E-state index in [2.05, 4.69) is 9.97 Å². The number of sulfonamides is 1. The maximum absolute atomic E-state index is 12.8. The SMILES string of the molecule is Cc1ccnc([C@H]2CN(S(=O)(=O)C3CCCCC3)CCO2)n1. The van der Waals surface area contributed by atoms with E-state index in [1.54, 1.807) is 10.5 Å². The summed E-state index contributed by atoms with van der Waals surface area (Å²) in [6.07, 6.45) is 6.06. The first kappa shape index (κ1) is 15.8. The van der Waals surface area contributed by atoms with Crippen molar-refractivity contribution in [3.8, 4) is 0 Å². The maximum atomic E-state index is 12.8. The summed E-state index contributed by atoms with van der Waals surface area (Å²) in [6.45, 7) is 3.04. The smallest absolute Gasteiger partial charge is 0.217 e. The Balaban J connectivity index is 1.75. The van der Waals surface area contributed by atoms with Crippen LogP contribution in [0.3, 0.4) is 0 Å². The summed E-state index contributed by atoms with van der Waals surface area (Å²) < 4.78 is 32.9. The highest BCUT2D eigenvalue weighted by atomic mass is 32.2. The predicted molar refractivity (Wildman–Crippen MR) is 82.8 cm³/mol. The number of ether oxygens (including phenoxy) is 1. The molecule has 2 heterocycles. The standard InChI is InChI=1S/C15H23N3O3S/c1-12-7-8-16-15(17-12)14-11-18(9-10-21-14)22(19,20)13-5-3-2-4-6-13/h7-8,13-14H,2-6,9-11H2,1H3/t14-/m1/s1. The molecule has 1 aliphatic heterocycles. The quantitative estimate of drug-likeness (QED) is 0.847. The van der Waals surface area contributed by atoms with E-state index in [1.807, 2.05) is 13.0 Å². The summed E-state index contributed by atoms with van der Waals surface area (Å²) in [5, 5.41) is -0.224. The molecule has 1 aliphatic carbocycles. The molecule has 1 aromatic heterocycles. The molecule has 6 nitrogen and oxygen atoms in total. The van der Waals surface area contributed by atoms with Crippen LogP contribution in [0.5, 0.6) is 0 Å². The molecular weight excluding hydrogens is 302 g/mol. The zero-order chi connectivity index (χ0) is 15.6. The van der Waals surface area contributed by atoms with Crippen molar-refractivity contribution in [2.45, 2.75) is 50.4 Å². The molecule has 0 unspecified atom stereocenters. The van der Waals surface area contributed by atoms with Crippen LogP contribution in [0.15, 0.2) is 12.3 Å². The van der Waals surface area contributed by atoms with E-state index in [1.165, 1.54) is 0 Å². The van der Waals surface area contributed by atoms with Crippen LogP contribution in [0.2, 0.25) is 0 Å². The summed E-state index contributed by atoms with van der Waals surface area (Å²) in [7, 11) is -3.24. The lowest BCUT2D eigenvalue weighted by Crippen LogP contribution is -2.47. The molecule has 2 aliphatic rings. The van der Waals surface area contributed by atoms with Gasteiger partial charge in [0, 0.05) is 25.0 Å². The van der Waals surface area contributed by atoms with Gasteiger partial charge in [0.25, 0.3) is 0 Å². The minimum atomic E-state index is -3.24. The second kappa shape index (κ2) is 6.60. The molecular formula is C15H23N3O3S. The van der Waals surface area contributed by atoms with Crippen LogP contribution >= 0.6 is 0 Å². The van der Waals surface area contributed by atoms with Gasteiger partial charge in [-0.05, 0) is 25.8 Å². The molecule has 0 amide bonds. The molecule has 122 valence electrons. The largest absolute Gasteiger partial charge is 0.367 e. The van der Waals surface area contributed by atoms with Crippen molar-refractivity contribution < 1.29 is 13.2 Å². The lowest BCUT2D eigenvalue weighted by atomic mass is 10.0. The molecule has 7 heteroatoms. The van der Waals surface area contributed by atoms with Crippen LogP contribution in [0.1, 0.15) is 49.7 Å². The molecule has 1 saturated heterocycles. The minimum absolute atomic E-state index is 0.224. The van der Waals surface area contributed by atoms with Gasteiger partial charge in [0.1, 0.15) is 6.10 Å². The number of hydrogen-bond donors (Lipinski definition) is 0. The molecule has 0 bridgehead atoms. The predicted octanol–water partition coefficient (Wildman–Crippen LogP) is 1.82. The summed E-state index contributed by atoms with van der Waals surface area (Å²) >= 11 is 0. The van der Waals surface area contributed by atoms with E-state index >= 15 is 0 Å². The van der Waals surface area contributed by atoms with Crippen LogP contribution in [0.4, 0.5) is 0 Å². The monoisotopic (exact) mass is 325 g/mol. The topological polar surface area (TPSA) is 72.4 Å². The van der Waals surface area contributed by atoms with Crippen LogP contribution in [0, 0.1) is 6.92 Å². The van der Waals surface area contributed by atoms with Gasteiger partial charge in [0.15, 0.2) is 5.82 Å². The fourth-order valence-electron chi connectivity index (χ4n) is 3.21. The Morgan fingerprint density at radius 1 is 1.27 bits per heavy atom. The van der Waals surface area contributed by atoms with E-state index in [4.69, 9.17) is 4.74 Å². The molecule has 2 fully saturated rings. The van der Waals surface area contributed by atoms with Gasteiger partial charge in [0.05, 0.1) is 11.9 Å². The van der Waals surface area contributed by atoms with E-state index in [-0.39, 0.29) is 11.4 Å². The van der Waals surface area contributed by atoms with E-state index in [0.717, 1.165) is 37.8 Å². The average molecular weight is 325 g/mol. The number of morpholine rings is 1. The molecule has 0 spiro atoms. The molecule has 3 rings (SSSR count). The Bertz CT molecular complexity index is 614. The van der Waals surface area contributed by atoms with Crippen LogP contribution in [0.25, 0.3) is 0 Å². The third-order valence-electron chi connectivity index (χ3n) is 4.46. The third kappa shape index (κ3) is 3.31. The first-order valence-electron chi connectivity index (χ1n) is 7.97. The Morgan fingerprint density at radius 3 is 2.77 bits per heavy atom. The summed E-state index contributed by atoms with van der Waals surface area (Å²) in [5.74, 6) is 0.573. The molecule has 22 heavy (non-hydrogen) atoms. The Hall–Kier alpha value is -1.05. The summed E-state index contributed by atoms with van der Waals surface area (Å²) in [6, 6.07) is 1.82. The van der Waals surface area contributed by atoms with Crippen LogP contribution in [-0.2, 0) is 14.8 Å². The van der Waals surface area contributed by atoms with Gasteiger partial charge in [0.2, 0.25) is 10.0 Å². The van der Waals surface area contributed by atoms with Crippen molar-refractivity contribution in [1.82, 2.24) is 14.3 Å². The summed E-state index contributed by atoms with van der Waals surface area (Å²) in [4.78, 5) is 8.60. The highest BCUT2D eigenvalue weighted by Crippen LogP contribution is 2.29. The zero-order valence-electron chi connectivity index (χ0n) is 12.9. The van der Waals surface area contributed by atoms with Gasteiger partial charge in [-0.3, -0.25) is 0 Å². The number of nitrogens with zero attached hydrogens (tertiary/aromatic N) is 3. The lowest BCUT2D eigenvalue weighted by Gasteiger charge is -2.35. The Kier molecular flexibility index (Phi) is 4.75. The normalized spacial score (nSPS) is 25.2. The van der Waals surface area contributed by atoms with Gasteiger partial charge in [-0.1, -0.05) is 19.3 Å². The van der Waals surface area contributed by atoms with Crippen molar-refractivity contribution >= 4 is 10.0 Å². The second-order valence-electron chi connectivity index (χ2n) is 6.08. The second-order valence-corrected chi connectivity index (χ2v) is 8.29. The first-order chi connectivity index (χ1) is 10.6. The number of aryl methyl sites for hydroxylation is 1. The van der Waals surface area contributed by atoms with Gasteiger partial charge in [-0.2, -0.15) is 4.31 Å². The maximum Gasteiger partial charge on any atom is 0.217 e. The first-order valence-corrected chi connectivity index (χ1v) is 9.48. The van der Waals surface area contributed by atoms with E-state index < -0.39 is 10.0 Å².